The zero-order valence-corrected chi connectivity index (χ0v) is 40.5. The molecule has 1 saturated heterocycles. The summed E-state index contributed by atoms with van der Waals surface area (Å²) in [7, 11) is 1.66. The van der Waals surface area contributed by atoms with Crippen molar-refractivity contribution in [3.05, 3.63) is 126 Å². The summed E-state index contributed by atoms with van der Waals surface area (Å²) in [5.41, 5.74) is -0.414. The Morgan fingerprint density at radius 2 is 1.89 bits per heavy atom. The first-order valence-electron chi connectivity index (χ1n) is 25.3. The molecule has 5 heterocycles. The van der Waals surface area contributed by atoms with Crippen molar-refractivity contribution in [1.29, 1.82) is 5.26 Å². The molecule has 0 amide bonds. The second-order valence-corrected chi connectivity index (χ2v) is 21.2. The van der Waals surface area contributed by atoms with Gasteiger partial charge in [-0.1, -0.05) is 55.2 Å². The summed E-state index contributed by atoms with van der Waals surface area (Å²) < 4.78 is 34.2. The van der Waals surface area contributed by atoms with E-state index < -0.39 is 65.3 Å². The third-order valence-electron chi connectivity index (χ3n) is 16.9. The number of nitriles is 1. The summed E-state index contributed by atoms with van der Waals surface area (Å²) in [5, 5.41) is 79.5. The molecule has 2 aromatic carbocycles. The maximum absolute atomic E-state index is 13.2. The lowest BCUT2D eigenvalue weighted by atomic mass is 9.56. The summed E-state index contributed by atoms with van der Waals surface area (Å²) in [6.07, 6.45) is 15.1. The average Bonchev–Trinajstić information content (AvgIpc) is 4.06. The van der Waals surface area contributed by atoms with Gasteiger partial charge in [0.15, 0.2) is 5.60 Å². The van der Waals surface area contributed by atoms with Gasteiger partial charge in [0.2, 0.25) is 6.29 Å². The number of nitrogens with zero attached hydrogens (tertiary/aromatic N) is 2. The van der Waals surface area contributed by atoms with Crippen molar-refractivity contribution >= 4 is 5.97 Å². The van der Waals surface area contributed by atoms with E-state index in [1.165, 1.54) is 6.26 Å². The highest BCUT2D eigenvalue weighted by Gasteiger charge is 2.68. The lowest BCUT2D eigenvalue weighted by Gasteiger charge is -2.53. The van der Waals surface area contributed by atoms with E-state index in [4.69, 9.17) is 23.7 Å². The van der Waals surface area contributed by atoms with Crippen LogP contribution in [0.4, 0.5) is 0 Å². The van der Waals surface area contributed by atoms with Crippen LogP contribution in [0, 0.1) is 57.9 Å². The molecule has 378 valence electrons. The smallest absolute Gasteiger partial charge is 0.335 e. The van der Waals surface area contributed by atoms with Gasteiger partial charge in [0.1, 0.15) is 42.3 Å². The van der Waals surface area contributed by atoms with Gasteiger partial charge in [-0.15, -0.1) is 6.58 Å². The van der Waals surface area contributed by atoms with Gasteiger partial charge in [-0.3, -0.25) is 0 Å². The van der Waals surface area contributed by atoms with Gasteiger partial charge >= 0.3 is 5.97 Å². The molecule has 4 aliphatic heterocycles. The number of carboxylic acids is 1. The van der Waals surface area contributed by atoms with Crippen LogP contribution in [0.25, 0.3) is 0 Å². The fraction of sp³-hybridized carbons (Fsp3) is 0.544. The largest absolute Gasteiger partial charge is 0.486 e. The molecule has 3 aromatic rings. The van der Waals surface area contributed by atoms with E-state index in [1.807, 2.05) is 59.4 Å². The number of carboxylic acid groups (broad SMARTS) is 1. The molecule has 6 N–H and O–H groups in total. The average molecular weight is 973 g/mol. The van der Waals surface area contributed by atoms with Gasteiger partial charge in [0, 0.05) is 68.7 Å². The van der Waals surface area contributed by atoms with Gasteiger partial charge < -0.3 is 58.9 Å². The number of fused-ring (bicyclic) bond motifs is 8. The fourth-order valence-corrected chi connectivity index (χ4v) is 13.6. The monoisotopic (exact) mass is 972 g/mol. The van der Waals surface area contributed by atoms with Crippen LogP contribution in [0.1, 0.15) is 96.8 Å². The third-order valence-corrected chi connectivity index (χ3v) is 16.9. The molecule has 0 unspecified atom stereocenters. The number of allylic oxidation sites excluding steroid dienone is 3. The van der Waals surface area contributed by atoms with Gasteiger partial charge in [-0.2, -0.15) is 5.26 Å². The Morgan fingerprint density at radius 1 is 1.08 bits per heavy atom. The van der Waals surface area contributed by atoms with Crippen LogP contribution in [0.5, 0.6) is 5.75 Å². The lowest BCUT2D eigenvalue weighted by molar-refractivity contribution is -0.334. The van der Waals surface area contributed by atoms with Crippen molar-refractivity contribution in [1.82, 2.24) is 4.57 Å². The summed E-state index contributed by atoms with van der Waals surface area (Å²) >= 11 is 0. The van der Waals surface area contributed by atoms with Crippen LogP contribution in [0.2, 0.25) is 0 Å². The molecule has 3 aliphatic carbocycles. The van der Waals surface area contributed by atoms with Crippen LogP contribution in [0.15, 0.2) is 98.1 Å². The van der Waals surface area contributed by atoms with E-state index in [-0.39, 0.29) is 61.0 Å². The molecule has 0 radical (unpaired) electrons. The number of aliphatic hydroxyl groups excluding tert-OH is 4. The molecule has 2 saturated carbocycles. The van der Waals surface area contributed by atoms with E-state index in [9.17, 15) is 40.7 Å². The van der Waals surface area contributed by atoms with Crippen LogP contribution in [-0.4, -0.2) is 110 Å². The zero-order valence-electron chi connectivity index (χ0n) is 40.5. The number of aliphatic hydroxyl groups is 5. The van der Waals surface area contributed by atoms with Gasteiger partial charge in [-0.25, -0.2) is 4.79 Å². The number of benzene rings is 2. The third kappa shape index (κ3) is 9.81. The maximum Gasteiger partial charge on any atom is 0.335 e. The van der Waals surface area contributed by atoms with E-state index in [0.29, 0.717) is 56.6 Å². The van der Waals surface area contributed by atoms with Crippen LogP contribution >= 0.6 is 0 Å². The van der Waals surface area contributed by atoms with Crippen molar-refractivity contribution in [3.8, 4) is 23.8 Å². The second-order valence-electron chi connectivity index (χ2n) is 21.2. The number of methoxy groups -OCH3 is 1. The normalized spacial score (nSPS) is 33.8. The number of aromatic nitrogens is 1. The molecule has 14 heteroatoms. The first kappa shape index (κ1) is 50.5. The molecule has 13 atom stereocenters. The summed E-state index contributed by atoms with van der Waals surface area (Å²) in [6, 6.07) is 16.7. The highest BCUT2D eigenvalue weighted by molar-refractivity contribution is 5.87. The number of hydrogen-bond donors (Lipinski definition) is 6. The van der Waals surface area contributed by atoms with Crippen LogP contribution in [0.3, 0.4) is 0 Å². The standard InChI is InChI=1S/C57H68N2O12/c1-3-8-40-15-16-44(29-42(40)27-39(35-67-2)34-59-23-18-38(32-58)33-59)70-53-57-31-45(46(61)9-7-25-68-47(10-6-24-60)50(71-53)49(62)51(57)63)54(22-26-69-57)21-17-48-55(19-4-5-20-55)43(30-56(48,66)36-54)28-37-11-13-41(14-12-37)52(64)65/h3,11-18,21-23,26,29,33,39,43,45-51,53,60-63,66H,1,4-6,8-10,19-20,24,27-28,30-31,34-36H2,2H3,(H,64,65)/t39-,43-,45+,46-,47-,48+,49-,50-,51+,53+,54+,56-,57-/m1/s1. The fourth-order valence-electron chi connectivity index (χ4n) is 13.6. The molecule has 71 heavy (non-hydrogen) atoms. The van der Waals surface area contributed by atoms with Crippen molar-refractivity contribution in [2.75, 3.05) is 20.3 Å². The Hall–Kier alpha value is -5.42. The predicted molar refractivity (Wildman–Crippen MR) is 261 cm³/mol. The lowest BCUT2D eigenvalue weighted by Crippen LogP contribution is -2.70. The maximum atomic E-state index is 13.2. The van der Waals surface area contributed by atoms with E-state index in [2.05, 4.69) is 36.8 Å². The van der Waals surface area contributed by atoms with Gasteiger partial charge in [-0.05, 0) is 122 Å². The number of hydrogen-bond acceptors (Lipinski definition) is 12. The first-order chi connectivity index (χ1) is 34.3. The molecule has 3 fully saturated rings. The topological polar surface area (TPSA) is 213 Å². The summed E-state index contributed by atoms with van der Waals surface area (Å²) in [6.45, 7) is 4.88. The van der Waals surface area contributed by atoms with E-state index in [1.54, 1.807) is 25.3 Å². The molecule has 14 nitrogen and oxygen atoms in total. The first-order valence-corrected chi connectivity index (χ1v) is 25.3. The minimum Gasteiger partial charge on any atom is -0.486 e. The van der Waals surface area contributed by atoms with Crippen LogP contribution in [-0.2, 0) is 44.8 Å². The summed E-state index contributed by atoms with van der Waals surface area (Å²) in [4.78, 5) is 11.7. The molecule has 1 aromatic heterocycles. The predicted octanol–water partition coefficient (Wildman–Crippen LogP) is 6.41. The Balaban J connectivity index is 1.08. The summed E-state index contributed by atoms with van der Waals surface area (Å²) in [5.74, 6) is 1.61. The van der Waals surface area contributed by atoms with Crippen LogP contribution < -0.4 is 4.74 Å². The zero-order chi connectivity index (χ0) is 50.0. The molecular formula is C57H68N2O12. The number of ether oxygens (including phenoxy) is 5. The van der Waals surface area contributed by atoms with E-state index >= 15 is 0 Å². The highest BCUT2D eigenvalue weighted by atomic mass is 16.7. The molecule has 7 aliphatic rings. The van der Waals surface area contributed by atoms with Gasteiger partial charge in [0.05, 0.1) is 35.7 Å². The van der Waals surface area contributed by atoms with Crippen molar-refractivity contribution < 1.29 is 59.1 Å². The SMILES string of the molecule is C=CCc1ccc(O[C@H]2O[C@H]3[C@@H](O)[C@H](O)[C@]24C[C@@H]([C@H](O)CC#CO[C@@H]3CCCO)[C@]2(C=CO4)C=C[C@H]3C4(CCCC4)[C@H](Cc4ccc(C(=O)O)cc4)C[C@@]3(O)C2)cc1C[C@@H](COC)Cn1ccc(C#N)c1. The quantitative estimate of drug-likeness (QED) is 0.0678. The molecule has 3 bridgehead atoms. The highest BCUT2D eigenvalue weighted by Crippen LogP contribution is 2.67. The molecule has 10 rings (SSSR count). The number of aromatic carboxylic acids is 1. The van der Waals surface area contributed by atoms with E-state index in [0.717, 1.165) is 42.4 Å². The van der Waals surface area contributed by atoms with Crippen molar-refractivity contribution in [2.45, 2.75) is 138 Å². The Labute approximate surface area is 416 Å². The second kappa shape index (κ2) is 21.0. The number of carbonyl (C=O) groups is 1. The minimum atomic E-state index is -1.82. The number of rotatable bonds is 16. The molecular weight excluding hydrogens is 905 g/mol. The van der Waals surface area contributed by atoms with Gasteiger partial charge in [0.25, 0.3) is 0 Å². The van der Waals surface area contributed by atoms with Crippen molar-refractivity contribution in [2.24, 2.45) is 34.5 Å². The Bertz CT molecular complexity index is 2550. The Morgan fingerprint density at radius 3 is 2.61 bits per heavy atom. The minimum absolute atomic E-state index is 0.00301. The Kier molecular flexibility index (Phi) is 14.9. The van der Waals surface area contributed by atoms with Crippen molar-refractivity contribution in [3.63, 3.8) is 0 Å². The molecule has 3 spiro atoms.